The van der Waals surface area contributed by atoms with Crippen LogP contribution in [0, 0.1) is 29.6 Å². The van der Waals surface area contributed by atoms with Crippen molar-refractivity contribution >= 4 is 5.91 Å². The number of rotatable bonds is 3. The van der Waals surface area contributed by atoms with Gasteiger partial charge in [-0.2, -0.15) is 0 Å². The third kappa shape index (κ3) is 2.74. The Labute approximate surface area is 128 Å². The molecule has 3 heteroatoms. The van der Waals surface area contributed by atoms with Gasteiger partial charge in [-0.3, -0.25) is 4.79 Å². The Hall–Kier alpha value is -0.570. The lowest BCUT2D eigenvalue weighted by atomic mass is 9.54. The first-order valence-corrected chi connectivity index (χ1v) is 9.18. The van der Waals surface area contributed by atoms with Gasteiger partial charge in [-0.25, -0.2) is 0 Å². The number of amides is 1. The Morgan fingerprint density at radius 1 is 1.10 bits per heavy atom. The normalized spacial score (nSPS) is 45.1. The maximum absolute atomic E-state index is 11.6. The standard InChI is InChI=1S/C18H30N2O/c1-12(21)20-4-2-3-13(11-20)10-19-18-16-6-14-5-15(8-16)9-17(18)7-14/h13-19H,2-11H2,1H3. The zero-order chi connectivity index (χ0) is 14.4. The summed E-state index contributed by atoms with van der Waals surface area (Å²) in [6.45, 7) is 4.81. The van der Waals surface area contributed by atoms with Crippen LogP contribution in [0.5, 0.6) is 0 Å². The molecule has 4 aliphatic carbocycles. The van der Waals surface area contributed by atoms with E-state index in [1.165, 1.54) is 44.9 Å². The van der Waals surface area contributed by atoms with Gasteiger partial charge in [0, 0.05) is 26.1 Å². The largest absolute Gasteiger partial charge is 0.343 e. The van der Waals surface area contributed by atoms with Crippen LogP contribution in [0.4, 0.5) is 0 Å². The number of hydrogen-bond donors (Lipinski definition) is 1. The molecule has 1 unspecified atom stereocenters. The minimum atomic E-state index is 0.259. The molecule has 5 rings (SSSR count). The maximum atomic E-state index is 11.6. The van der Waals surface area contributed by atoms with E-state index in [4.69, 9.17) is 0 Å². The van der Waals surface area contributed by atoms with E-state index in [9.17, 15) is 4.79 Å². The number of carbonyl (C=O) groups is 1. The van der Waals surface area contributed by atoms with E-state index in [2.05, 4.69) is 5.32 Å². The molecule has 5 fully saturated rings. The van der Waals surface area contributed by atoms with Gasteiger partial charge in [-0.1, -0.05) is 0 Å². The first-order chi connectivity index (χ1) is 10.2. The molecule has 1 aliphatic heterocycles. The molecule has 4 saturated carbocycles. The average molecular weight is 290 g/mol. The van der Waals surface area contributed by atoms with Crippen LogP contribution in [0.2, 0.25) is 0 Å². The molecule has 0 radical (unpaired) electrons. The van der Waals surface area contributed by atoms with Crippen molar-refractivity contribution in [2.75, 3.05) is 19.6 Å². The lowest BCUT2D eigenvalue weighted by Crippen LogP contribution is -2.55. The van der Waals surface area contributed by atoms with Crippen molar-refractivity contribution < 1.29 is 4.79 Å². The Kier molecular flexibility index (Phi) is 3.72. The minimum absolute atomic E-state index is 0.259. The highest BCUT2D eigenvalue weighted by molar-refractivity contribution is 5.73. The third-order valence-corrected chi connectivity index (χ3v) is 6.83. The predicted octanol–water partition coefficient (Wildman–Crippen LogP) is 2.66. The highest BCUT2D eigenvalue weighted by atomic mass is 16.2. The molecule has 5 aliphatic rings. The molecule has 0 aromatic heterocycles. The molecule has 21 heavy (non-hydrogen) atoms. The van der Waals surface area contributed by atoms with E-state index in [0.29, 0.717) is 5.92 Å². The van der Waals surface area contributed by atoms with Gasteiger partial charge < -0.3 is 10.2 Å². The fourth-order valence-corrected chi connectivity index (χ4v) is 6.08. The fourth-order valence-electron chi connectivity index (χ4n) is 6.08. The van der Waals surface area contributed by atoms with Crippen molar-refractivity contribution in [3.8, 4) is 0 Å². The van der Waals surface area contributed by atoms with E-state index >= 15 is 0 Å². The molecule has 3 nitrogen and oxygen atoms in total. The highest BCUT2D eigenvalue weighted by Crippen LogP contribution is 2.53. The summed E-state index contributed by atoms with van der Waals surface area (Å²) >= 11 is 0. The van der Waals surface area contributed by atoms with Crippen molar-refractivity contribution in [1.82, 2.24) is 10.2 Å². The first-order valence-electron chi connectivity index (χ1n) is 9.18. The van der Waals surface area contributed by atoms with Gasteiger partial charge in [0.2, 0.25) is 5.91 Å². The van der Waals surface area contributed by atoms with Gasteiger partial charge in [0.25, 0.3) is 0 Å². The second-order valence-corrected chi connectivity index (χ2v) is 8.34. The Bertz CT molecular complexity index is 380. The first kappa shape index (κ1) is 14.0. The van der Waals surface area contributed by atoms with Crippen LogP contribution in [0.25, 0.3) is 0 Å². The van der Waals surface area contributed by atoms with E-state index < -0.39 is 0 Å². The summed E-state index contributed by atoms with van der Waals surface area (Å²) in [6, 6.07) is 0.797. The number of likely N-dealkylation sites (tertiary alicyclic amines) is 1. The number of nitrogens with one attached hydrogen (secondary N) is 1. The summed E-state index contributed by atoms with van der Waals surface area (Å²) in [4.78, 5) is 13.6. The lowest BCUT2D eigenvalue weighted by Gasteiger charge is -2.55. The summed E-state index contributed by atoms with van der Waals surface area (Å²) in [7, 11) is 0. The van der Waals surface area contributed by atoms with Crippen LogP contribution < -0.4 is 5.32 Å². The zero-order valence-corrected chi connectivity index (χ0v) is 13.4. The molecule has 1 heterocycles. The molecule has 0 aromatic carbocycles. The molecule has 1 atom stereocenters. The molecular weight excluding hydrogens is 260 g/mol. The molecule has 1 saturated heterocycles. The number of nitrogens with zero attached hydrogens (tertiary/aromatic N) is 1. The van der Waals surface area contributed by atoms with Gasteiger partial charge in [0.05, 0.1) is 0 Å². The van der Waals surface area contributed by atoms with Crippen LogP contribution in [0.15, 0.2) is 0 Å². The van der Waals surface area contributed by atoms with Gasteiger partial charge >= 0.3 is 0 Å². The predicted molar refractivity (Wildman–Crippen MR) is 83.8 cm³/mol. The van der Waals surface area contributed by atoms with Crippen molar-refractivity contribution in [3.05, 3.63) is 0 Å². The Morgan fingerprint density at radius 2 is 1.76 bits per heavy atom. The smallest absolute Gasteiger partial charge is 0.219 e. The van der Waals surface area contributed by atoms with Crippen molar-refractivity contribution in [3.63, 3.8) is 0 Å². The monoisotopic (exact) mass is 290 g/mol. The van der Waals surface area contributed by atoms with E-state index in [0.717, 1.165) is 49.3 Å². The molecule has 1 N–H and O–H groups in total. The number of carbonyl (C=O) groups excluding carboxylic acids is 1. The molecule has 0 spiro atoms. The Balaban J connectivity index is 1.32. The number of hydrogen-bond acceptors (Lipinski definition) is 2. The maximum Gasteiger partial charge on any atom is 0.219 e. The summed E-state index contributed by atoms with van der Waals surface area (Å²) in [5.41, 5.74) is 0. The van der Waals surface area contributed by atoms with Crippen molar-refractivity contribution in [2.24, 2.45) is 29.6 Å². The van der Waals surface area contributed by atoms with Gasteiger partial charge in [-0.15, -0.1) is 0 Å². The highest BCUT2D eigenvalue weighted by Gasteiger charge is 2.47. The fraction of sp³-hybridized carbons (Fsp3) is 0.944. The van der Waals surface area contributed by atoms with Crippen LogP contribution in [0.1, 0.15) is 51.9 Å². The summed E-state index contributed by atoms with van der Waals surface area (Å²) in [5.74, 6) is 5.00. The lowest BCUT2D eigenvalue weighted by molar-refractivity contribution is -0.130. The molecule has 0 aromatic rings. The van der Waals surface area contributed by atoms with E-state index in [-0.39, 0.29) is 5.91 Å². The third-order valence-electron chi connectivity index (χ3n) is 6.83. The number of piperidine rings is 1. The van der Waals surface area contributed by atoms with Crippen molar-refractivity contribution in [1.29, 1.82) is 0 Å². The summed E-state index contributed by atoms with van der Waals surface area (Å²) < 4.78 is 0. The molecule has 4 bridgehead atoms. The second kappa shape index (κ2) is 5.57. The summed E-state index contributed by atoms with van der Waals surface area (Å²) in [5, 5.41) is 3.96. The average Bonchev–Trinajstić information content (AvgIpc) is 2.46. The topological polar surface area (TPSA) is 32.3 Å². The van der Waals surface area contributed by atoms with Crippen molar-refractivity contribution in [2.45, 2.75) is 57.9 Å². The van der Waals surface area contributed by atoms with Crippen LogP contribution in [-0.2, 0) is 4.79 Å². The second-order valence-electron chi connectivity index (χ2n) is 8.34. The Morgan fingerprint density at radius 3 is 2.38 bits per heavy atom. The minimum Gasteiger partial charge on any atom is -0.343 e. The van der Waals surface area contributed by atoms with Crippen LogP contribution in [-0.4, -0.2) is 36.5 Å². The van der Waals surface area contributed by atoms with Gasteiger partial charge in [-0.05, 0) is 81.1 Å². The van der Waals surface area contributed by atoms with Crippen LogP contribution in [0.3, 0.4) is 0 Å². The summed E-state index contributed by atoms with van der Waals surface area (Å²) in [6.07, 6.45) is 10.0. The molecule has 1 amide bonds. The van der Waals surface area contributed by atoms with E-state index in [1.807, 2.05) is 4.90 Å². The van der Waals surface area contributed by atoms with Crippen LogP contribution >= 0.6 is 0 Å². The van der Waals surface area contributed by atoms with E-state index in [1.54, 1.807) is 6.92 Å². The molecule has 118 valence electrons. The zero-order valence-electron chi connectivity index (χ0n) is 13.4. The van der Waals surface area contributed by atoms with Gasteiger partial charge in [0.15, 0.2) is 0 Å². The SMILES string of the molecule is CC(=O)N1CCCC(CNC2C3CC4CC(C3)CC2C4)C1. The molecular formula is C18H30N2O. The quantitative estimate of drug-likeness (QED) is 0.866. The van der Waals surface area contributed by atoms with Gasteiger partial charge in [0.1, 0.15) is 0 Å².